The lowest BCUT2D eigenvalue weighted by Gasteiger charge is -2.15. The molecule has 0 fully saturated rings. The lowest BCUT2D eigenvalue weighted by atomic mass is 10.0. The summed E-state index contributed by atoms with van der Waals surface area (Å²) in [4.78, 5) is 13.4. The minimum atomic E-state index is -0.0451. The number of pyridine rings is 1. The minimum Gasteiger partial charge on any atom is -0.353 e. The topological polar surface area (TPSA) is 76.7 Å². The Kier molecular flexibility index (Phi) is 6.32. The summed E-state index contributed by atoms with van der Waals surface area (Å²) in [6.07, 6.45) is 6.13. The van der Waals surface area contributed by atoms with Crippen LogP contribution in [-0.4, -0.2) is 27.5 Å². The number of halogens is 1. The van der Waals surface area contributed by atoms with Gasteiger partial charge in [-0.3, -0.25) is 4.98 Å². The number of hydrogen-bond acceptors (Lipinski definition) is 5. The highest BCUT2D eigenvalue weighted by Gasteiger charge is 2.13. The van der Waals surface area contributed by atoms with Crippen molar-refractivity contribution < 1.29 is 0 Å². The molecule has 0 unspecified atom stereocenters. The molecule has 4 rings (SSSR count). The first-order valence-corrected chi connectivity index (χ1v) is 10.1. The fraction of sp³-hybridized carbons (Fsp3) is 0.125. The predicted molar refractivity (Wildman–Crippen MR) is 122 cm³/mol. The fourth-order valence-electron chi connectivity index (χ4n) is 3.25. The van der Waals surface area contributed by atoms with E-state index < -0.39 is 0 Å². The Balaban J connectivity index is 1.57. The van der Waals surface area contributed by atoms with E-state index in [0.717, 1.165) is 28.8 Å². The number of hydrogen-bond donors (Lipinski definition) is 2. The van der Waals surface area contributed by atoms with E-state index in [4.69, 9.17) is 22.3 Å². The Hall–Kier alpha value is -3.28. The lowest BCUT2D eigenvalue weighted by molar-refractivity contribution is 0.696. The first-order valence-electron chi connectivity index (χ1n) is 9.76. The maximum absolute atomic E-state index is 6.30. The van der Waals surface area contributed by atoms with Crippen molar-refractivity contribution >= 4 is 17.5 Å². The van der Waals surface area contributed by atoms with Crippen molar-refractivity contribution in [3.05, 3.63) is 95.9 Å². The fourth-order valence-corrected chi connectivity index (χ4v) is 3.37. The average molecular weight is 416 g/mol. The zero-order valence-corrected chi connectivity index (χ0v) is 17.1. The molecule has 30 heavy (non-hydrogen) atoms. The van der Waals surface area contributed by atoms with E-state index in [1.54, 1.807) is 12.4 Å². The highest BCUT2D eigenvalue weighted by molar-refractivity contribution is 6.30. The third kappa shape index (κ3) is 5.00. The van der Waals surface area contributed by atoms with Gasteiger partial charge in [-0.05, 0) is 41.8 Å². The van der Waals surface area contributed by atoms with Crippen molar-refractivity contribution in [3.63, 3.8) is 0 Å². The van der Waals surface area contributed by atoms with Crippen LogP contribution in [0.1, 0.15) is 5.56 Å². The molecule has 0 bridgehead atoms. The second-order valence-electron chi connectivity index (χ2n) is 7.03. The molecule has 4 aromatic rings. The number of nitrogens with two attached hydrogens (primary N) is 1. The Morgan fingerprint density at radius 2 is 1.63 bits per heavy atom. The van der Waals surface area contributed by atoms with Crippen molar-refractivity contribution in [1.29, 1.82) is 0 Å². The zero-order valence-electron chi connectivity index (χ0n) is 16.4. The first kappa shape index (κ1) is 20.0. The standard InChI is InChI=1S/C24H22ClN5/c25-20-8-6-18(7-9-20)22-16-29-24(30-23(22)19-10-12-27-13-11-19)28-15-21(26)14-17-4-2-1-3-5-17/h1-13,16,21H,14-15,26H2,(H,28,29,30)/t21-/m1/s1. The summed E-state index contributed by atoms with van der Waals surface area (Å²) < 4.78 is 0. The van der Waals surface area contributed by atoms with Gasteiger partial charge < -0.3 is 11.1 Å². The molecule has 1 atom stereocenters. The highest BCUT2D eigenvalue weighted by Crippen LogP contribution is 2.31. The third-order valence-electron chi connectivity index (χ3n) is 4.76. The number of aromatic nitrogens is 3. The summed E-state index contributed by atoms with van der Waals surface area (Å²) in [7, 11) is 0. The molecule has 2 heterocycles. The Bertz CT molecular complexity index is 1090. The van der Waals surface area contributed by atoms with E-state index in [0.29, 0.717) is 17.5 Å². The van der Waals surface area contributed by atoms with Crippen LogP contribution in [0.25, 0.3) is 22.4 Å². The summed E-state index contributed by atoms with van der Waals surface area (Å²) in [5, 5.41) is 3.97. The second kappa shape index (κ2) is 9.48. The van der Waals surface area contributed by atoms with Crippen LogP contribution in [0.3, 0.4) is 0 Å². The molecular formula is C24H22ClN5. The summed E-state index contributed by atoms with van der Waals surface area (Å²) in [5.41, 5.74) is 11.2. The van der Waals surface area contributed by atoms with Gasteiger partial charge in [0.05, 0.1) is 5.69 Å². The quantitative estimate of drug-likeness (QED) is 0.451. The van der Waals surface area contributed by atoms with Crippen LogP contribution in [0.2, 0.25) is 5.02 Å². The van der Waals surface area contributed by atoms with Gasteiger partial charge in [0.1, 0.15) is 0 Å². The van der Waals surface area contributed by atoms with E-state index in [1.165, 1.54) is 5.56 Å². The number of rotatable bonds is 7. The smallest absolute Gasteiger partial charge is 0.223 e. The number of nitrogens with one attached hydrogen (secondary N) is 1. The van der Waals surface area contributed by atoms with E-state index in [-0.39, 0.29) is 6.04 Å². The maximum Gasteiger partial charge on any atom is 0.223 e. The normalized spacial score (nSPS) is 11.8. The van der Waals surface area contributed by atoms with Crippen LogP contribution in [0.5, 0.6) is 0 Å². The summed E-state index contributed by atoms with van der Waals surface area (Å²) >= 11 is 6.05. The molecule has 0 saturated heterocycles. The lowest BCUT2D eigenvalue weighted by Crippen LogP contribution is -2.31. The molecule has 0 aliphatic rings. The molecular weight excluding hydrogens is 394 g/mol. The Morgan fingerprint density at radius 3 is 2.37 bits per heavy atom. The van der Waals surface area contributed by atoms with Gasteiger partial charge in [0.15, 0.2) is 0 Å². The van der Waals surface area contributed by atoms with Crippen LogP contribution in [-0.2, 0) is 6.42 Å². The third-order valence-corrected chi connectivity index (χ3v) is 5.01. The molecule has 0 spiro atoms. The molecule has 150 valence electrons. The molecule has 6 heteroatoms. The molecule has 3 N–H and O–H groups in total. The van der Waals surface area contributed by atoms with Gasteiger partial charge in [-0.1, -0.05) is 54.1 Å². The molecule has 2 aromatic heterocycles. The summed E-state index contributed by atoms with van der Waals surface area (Å²) in [6.45, 7) is 0.574. The van der Waals surface area contributed by atoms with Gasteiger partial charge >= 0.3 is 0 Å². The highest BCUT2D eigenvalue weighted by atomic mass is 35.5. The molecule has 0 radical (unpaired) electrons. The van der Waals surface area contributed by atoms with Gasteiger partial charge in [-0.2, -0.15) is 0 Å². The molecule has 0 aliphatic heterocycles. The van der Waals surface area contributed by atoms with Gasteiger partial charge in [-0.15, -0.1) is 0 Å². The van der Waals surface area contributed by atoms with Crippen LogP contribution in [0.4, 0.5) is 5.95 Å². The van der Waals surface area contributed by atoms with Gasteiger partial charge in [0.25, 0.3) is 0 Å². The minimum absolute atomic E-state index is 0.0451. The predicted octanol–water partition coefficient (Wildman–Crippen LogP) is 4.84. The van der Waals surface area contributed by atoms with Crippen molar-refractivity contribution in [2.75, 3.05) is 11.9 Å². The van der Waals surface area contributed by atoms with Crippen LogP contribution in [0, 0.1) is 0 Å². The maximum atomic E-state index is 6.30. The van der Waals surface area contributed by atoms with Crippen LogP contribution < -0.4 is 11.1 Å². The summed E-state index contributed by atoms with van der Waals surface area (Å²) in [6, 6.07) is 21.7. The molecule has 2 aromatic carbocycles. The zero-order chi connectivity index (χ0) is 20.8. The van der Waals surface area contributed by atoms with Crippen LogP contribution >= 0.6 is 11.6 Å². The Morgan fingerprint density at radius 1 is 0.900 bits per heavy atom. The largest absolute Gasteiger partial charge is 0.353 e. The first-order chi connectivity index (χ1) is 14.7. The van der Waals surface area contributed by atoms with Crippen molar-refractivity contribution in [1.82, 2.24) is 15.0 Å². The Labute approximate surface area is 181 Å². The van der Waals surface area contributed by atoms with E-state index >= 15 is 0 Å². The van der Waals surface area contributed by atoms with Crippen molar-refractivity contribution in [2.24, 2.45) is 5.73 Å². The van der Waals surface area contributed by atoms with E-state index in [9.17, 15) is 0 Å². The van der Waals surface area contributed by atoms with Crippen LogP contribution in [0.15, 0.2) is 85.3 Å². The number of nitrogens with zero attached hydrogens (tertiary/aromatic N) is 3. The number of anilines is 1. The van der Waals surface area contributed by atoms with Crippen molar-refractivity contribution in [3.8, 4) is 22.4 Å². The second-order valence-corrected chi connectivity index (χ2v) is 7.47. The van der Waals surface area contributed by atoms with Crippen molar-refractivity contribution in [2.45, 2.75) is 12.5 Å². The molecule has 0 amide bonds. The average Bonchev–Trinajstić information content (AvgIpc) is 2.79. The molecule has 5 nitrogen and oxygen atoms in total. The summed E-state index contributed by atoms with van der Waals surface area (Å²) in [5.74, 6) is 0.544. The molecule has 0 aliphatic carbocycles. The van der Waals surface area contributed by atoms with Gasteiger partial charge in [0.2, 0.25) is 5.95 Å². The van der Waals surface area contributed by atoms with E-state index in [2.05, 4.69) is 27.4 Å². The monoisotopic (exact) mass is 415 g/mol. The van der Waals surface area contributed by atoms with Gasteiger partial charge in [0, 0.05) is 47.3 Å². The number of benzene rings is 2. The van der Waals surface area contributed by atoms with Gasteiger partial charge in [-0.25, -0.2) is 9.97 Å². The molecule has 0 saturated carbocycles. The van der Waals surface area contributed by atoms with E-state index in [1.807, 2.05) is 60.8 Å². The SMILES string of the molecule is N[C@@H](CNc1ncc(-c2ccc(Cl)cc2)c(-c2ccncc2)n1)Cc1ccccc1.